The zero-order valence-electron chi connectivity index (χ0n) is 17.0. The van der Waals surface area contributed by atoms with Crippen molar-refractivity contribution < 1.29 is 14.9 Å². The molecular formula is C19H32N3O5P. The molecule has 4 N–H and O–H groups in total. The summed E-state index contributed by atoms with van der Waals surface area (Å²) in [5.74, 6) is 0. The van der Waals surface area contributed by atoms with E-state index in [1.54, 1.807) is 0 Å². The van der Waals surface area contributed by atoms with Gasteiger partial charge in [-0.3, -0.25) is 14.3 Å². The number of ether oxygens (including phenoxy) is 1. The van der Waals surface area contributed by atoms with Gasteiger partial charge in [0, 0.05) is 24.8 Å². The van der Waals surface area contributed by atoms with E-state index in [-0.39, 0.29) is 6.54 Å². The Labute approximate surface area is 165 Å². The van der Waals surface area contributed by atoms with Crippen molar-refractivity contribution in [3.63, 3.8) is 0 Å². The first-order valence-electron chi connectivity index (χ1n) is 9.37. The minimum atomic E-state index is -1.30. The number of aliphatic hydroxyl groups excluding tert-OH is 2. The molecule has 1 fully saturated rings. The summed E-state index contributed by atoms with van der Waals surface area (Å²) < 4.78 is 6.95. The number of aliphatic hydroxyl groups is 2. The lowest BCUT2D eigenvalue weighted by atomic mass is 10.1. The fraction of sp³-hybridized carbons (Fsp3) is 0.632. The number of aromatic nitrogens is 2. The second kappa shape index (κ2) is 9.37. The Morgan fingerprint density at radius 3 is 2.64 bits per heavy atom. The molecule has 8 nitrogen and oxygen atoms in total. The first kappa shape index (κ1) is 22.8. The molecule has 2 rings (SSSR count). The molecule has 9 heteroatoms. The highest BCUT2D eigenvalue weighted by atomic mass is 31.2. The van der Waals surface area contributed by atoms with Crippen LogP contribution in [0.5, 0.6) is 0 Å². The van der Waals surface area contributed by atoms with Crippen molar-refractivity contribution in [3.8, 4) is 0 Å². The Balaban J connectivity index is 2.18. The Bertz CT molecular complexity index is 865. The zero-order chi connectivity index (χ0) is 21.1. The summed E-state index contributed by atoms with van der Waals surface area (Å²) >= 11 is 0. The molecule has 0 aliphatic carbocycles. The van der Waals surface area contributed by atoms with Crippen molar-refractivity contribution in [2.75, 3.05) is 26.0 Å². The number of hydrogen-bond acceptors (Lipinski definition) is 6. The van der Waals surface area contributed by atoms with E-state index in [1.807, 2.05) is 19.9 Å². The fourth-order valence-corrected chi connectivity index (χ4v) is 3.95. The maximum atomic E-state index is 12.3. The van der Waals surface area contributed by atoms with Crippen LogP contribution >= 0.6 is 6.89 Å². The summed E-state index contributed by atoms with van der Waals surface area (Å²) in [5.41, 5.74) is 0.334. The van der Waals surface area contributed by atoms with Gasteiger partial charge in [-0.15, -0.1) is 13.2 Å². The third kappa shape index (κ3) is 6.03. The summed E-state index contributed by atoms with van der Waals surface area (Å²) in [6.45, 7) is 7.68. The maximum absolute atomic E-state index is 12.3. The highest BCUT2D eigenvalue weighted by molar-refractivity contribution is 7.72. The molecule has 0 radical (unpaired) electrons. The lowest BCUT2D eigenvalue weighted by Gasteiger charge is -2.19. The van der Waals surface area contributed by atoms with Crippen molar-refractivity contribution in [2.45, 2.75) is 51.4 Å². The summed E-state index contributed by atoms with van der Waals surface area (Å²) in [5, 5.41) is 23.9. The first-order valence-corrected chi connectivity index (χ1v) is 12.4. The maximum Gasteiger partial charge on any atom is 0.330 e. The molecule has 1 saturated heterocycles. The molecule has 0 bridgehead atoms. The molecule has 1 aromatic heterocycles. The summed E-state index contributed by atoms with van der Waals surface area (Å²) in [6.07, 6.45) is 4.87. The highest BCUT2D eigenvalue weighted by Crippen LogP contribution is 2.39. The molecular weight excluding hydrogens is 381 g/mol. The van der Waals surface area contributed by atoms with Gasteiger partial charge in [-0.05, 0) is 39.8 Å². The Morgan fingerprint density at radius 1 is 1.36 bits per heavy atom. The predicted octanol–water partition coefficient (Wildman–Crippen LogP) is 0.311. The molecule has 0 saturated carbocycles. The van der Waals surface area contributed by atoms with Crippen molar-refractivity contribution in [1.82, 2.24) is 14.9 Å². The van der Waals surface area contributed by atoms with Crippen molar-refractivity contribution >= 4 is 13.2 Å². The molecule has 1 aromatic rings. The minimum absolute atomic E-state index is 0.258. The molecule has 1 unspecified atom stereocenters. The lowest BCUT2D eigenvalue weighted by molar-refractivity contribution is -0.0404. The van der Waals surface area contributed by atoms with E-state index in [0.717, 1.165) is 16.3 Å². The molecule has 0 spiro atoms. The van der Waals surface area contributed by atoms with Crippen molar-refractivity contribution in [2.24, 2.45) is 0 Å². The van der Waals surface area contributed by atoms with E-state index in [0.29, 0.717) is 18.5 Å². The van der Waals surface area contributed by atoms with Crippen LogP contribution in [0, 0.1) is 0 Å². The van der Waals surface area contributed by atoms with Crippen LogP contribution in [0.1, 0.15) is 32.1 Å². The van der Waals surface area contributed by atoms with Crippen LogP contribution in [0.4, 0.5) is 0 Å². The third-order valence-corrected chi connectivity index (χ3v) is 6.11. The van der Waals surface area contributed by atoms with Gasteiger partial charge < -0.3 is 20.3 Å². The first-order chi connectivity index (χ1) is 13.0. The molecule has 1 aliphatic heterocycles. The van der Waals surface area contributed by atoms with Gasteiger partial charge in [-0.2, -0.15) is 0 Å². The number of nitrogens with zero attached hydrogens (tertiary/aromatic N) is 1. The second-order valence-electron chi connectivity index (χ2n) is 8.23. The molecule has 4 atom stereocenters. The van der Waals surface area contributed by atoms with Crippen LogP contribution in [-0.2, 0) is 11.3 Å². The van der Waals surface area contributed by atoms with E-state index < -0.39 is 42.7 Å². The van der Waals surface area contributed by atoms with Gasteiger partial charge in [0.15, 0.2) is 6.23 Å². The number of nitrogens with one attached hydrogen (secondary N) is 2. The topological polar surface area (TPSA) is 117 Å². The molecule has 2 heterocycles. The largest absolute Gasteiger partial charge is 0.388 e. The average molecular weight is 413 g/mol. The molecule has 0 aromatic carbocycles. The quantitative estimate of drug-likeness (QED) is 0.277. The monoisotopic (exact) mass is 413 g/mol. The number of aromatic amines is 1. The highest BCUT2D eigenvalue weighted by Gasteiger charge is 2.43. The van der Waals surface area contributed by atoms with Crippen LogP contribution in [0.2, 0.25) is 0 Å². The van der Waals surface area contributed by atoms with Crippen LogP contribution in [-0.4, -0.2) is 70.4 Å². The van der Waals surface area contributed by atoms with E-state index in [4.69, 9.17) is 4.74 Å². The summed E-state index contributed by atoms with van der Waals surface area (Å²) in [6, 6.07) is 0. The summed E-state index contributed by atoms with van der Waals surface area (Å²) in [7, 11) is 0. The predicted molar refractivity (Wildman–Crippen MR) is 114 cm³/mol. The Kier molecular flexibility index (Phi) is 7.65. The molecule has 1 aliphatic rings. The Morgan fingerprint density at radius 2 is 2.04 bits per heavy atom. The van der Waals surface area contributed by atoms with Crippen molar-refractivity contribution in [3.05, 3.63) is 44.2 Å². The molecule has 0 amide bonds. The van der Waals surface area contributed by atoms with Crippen molar-refractivity contribution in [1.29, 1.82) is 0 Å². The van der Waals surface area contributed by atoms with Crippen LogP contribution in [0.3, 0.4) is 0 Å². The van der Waals surface area contributed by atoms with Gasteiger partial charge in [-0.1, -0.05) is 11.6 Å². The number of allylic oxidation sites excluding steroid dienone is 1. The van der Waals surface area contributed by atoms with E-state index in [2.05, 4.69) is 29.9 Å². The van der Waals surface area contributed by atoms with E-state index >= 15 is 0 Å². The van der Waals surface area contributed by atoms with E-state index in [1.165, 1.54) is 6.20 Å². The normalized spacial score (nSPS) is 25.1. The van der Waals surface area contributed by atoms with E-state index in [9.17, 15) is 19.8 Å². The SMILES string of the molecule is C=P(C)(C)CCC1O[C@@H](n2cc(CNCC=C(C)C)c(=O)[nH]c2=O)[C@H](O)[C@@H]1O. The van der Waals surface area contributed by atoms with Gasteiger partial charge in [0.2, 0.25) is 0 Å². The fourth-order valence-electron chi connectivity index (χ4n) is 3.00. The van der Waals surface area contributed by atoms with Crippen LogP contribution in [0.15, 0.2) is 27.4 Å². The smallest absolute Gasteiger partial charge is 0.330 e. The van der Waals surface area contributed by atoms with Gasteiger partial charge >= 0.3 is 5.69 Å². The van der Waals surface area contributed by atoms with Gasteiger partial charge in [0.1, 0.15) is 12.2 Å². The standard InChI is InChI=1S/C19H32N3O5P/c1-12(2)6-8-20-10-13-11-22(19(26)21-17(13)25)18-16(24)15(23)14(27-18)7-9-28(3,4)5/h6,11,14-16,18,20,23-24H,3,7-10H2,1-2,4-5H3,(H,21,25,26)/t14?,15-,16-,18-/m1/s1. The third-order valence-electron chi connectivity index (χ3n) is 4.64. The Hall–Kier alpha value is -1.44. The minimum Gasteiger partial charge on any atom is -0.388 e. The number of hydrogen-bond donors (Lipinski definition) is 4. The zero-order valence-corrected chi connectivity index (χ0v) is 17.9. The van der Waals surface area contributed by atoms with Gasteiger partial charge in [0.05, 0.1) is 6.10 Å². The summed E-state index contributed by atoms with van der Waals surface area (Å²) in [4.78, 5) is 26.6. The molecule has 28 heavy (non-hydrogen) atoms. The number of rotatable bonds is 8. The van der Waals surface area contributed by atoms with Gasteiger partial charge in [-0.25, -0.2) is 4.79 Å². The average Bonchev–Trinajstić information content (AvgIpc) is 2.86. The second-order valence-corrected chi connectivity index (χ2v) is 12.5. The number of H-pyrrole nitrogens is 1. The van der Waals surface area contributed by atoms with Crippen LogP contribution < -0.4 is 16.6 Å². The molecule has 158 valence electrons. The van der Waals surface area contributed by atoms with Gasteiger partial charge in [0.25, 0.3) is 5.56 Å². The van der Waals surface area contributed by atoms with Crippen LogP contribution in [0.25, 0.3) is 0 Å². The lowest BCUT2D eigenvalue weighted by Crippen LogP contribution is -2.39.